The molecule has 8 nitrogen and oxygen atoms in total. The predicted molar refractivity (Wildman–Crippen MR) is 106 cm³/mol. The normalized spacial score (nSPS) is 14.3. The van der Waals surface area contributed by atoms with E-state index in [2.05, 4.69) is 4.72 Å². The molecule has 1 aliphatic heterocycles. The van der Waals surface area contributed by atoms with Crippen molar-refractivity contribution in [3.63, 3.8) is 0 Å². The van der Waals surface area contributed by atoms with E-state index in [1.54, 1.807) is 29.2 Å². The summed E-state index contributed by atoms with van der Waals surface area (Å²) in [6, 6.07) is 12.3. The van der Waals surface area contributed by atoms with Crippen LogP contribution in [0.2, 0.25) is 0 Å². The van der Waals surface area contributed by atoms with Crippen LogP contribution >= 0.6 is 0 Å². The number of sulfonamides is 1. The highest BCUT2D eigenvalue weighted by molar-refractivity contribution is 7.92. The summed E-state index contributed by atoms with van der Waals surface area (Å²) in [5.74, 6) is -0.981. The van der Waals surface area contributed by atoms with E-state index in [0.717, 1.165) is 5.56 Å². The summed E-state index contributed by atoms with van der Waals surface area (Å²) < 4.78 is 37.6. The zero-order valence-corrected chi connectivity index (χ0v) is 16.8. The number of ether oxygens (including phenoxy) is 2. The van der Waals surface area contributed by atoms with Crippen molar-refractivity contribution >= 4 is 27.6 Å². The van der Waals surface area contributed by atoms with Crippen LogP contribution in [-0.2, 0) is 24.3 Å². The minimum Gasteiger partial charge on any atom is -0.452 e. The number of carbonyl (C=O) groups excluding carboxylic acids is 2. The molecule has 0 aliphatic carbocycles. The third-order valence-electron chi connectivity index (χ3n) is 4.39. The van der Waals surface area contributed by atoms with Crippen LogP contribution in [0.3, 0.4) is 0 Å². The summed E-state index contributed by atoms with van der Waals surface area (Å²) in [6.45, 7) is 3.41. The van der Waals surface area contributed by atoms with Gasteiger partial charge in [0.05, 0.1) is 23.7 Å². The van der Waals surface area contributed by atoms with E-state index >= 15 is 0 Å². The van der Waals surface area contributed by atoms with Crippen LogP contribution in [0.15, 0.2) is 53.4 Å². The Labute approximate surface area is 169 Å². The smallest absolute Gasteiger partial charge is 0.338 e. The third kappa shape index (κ3) is 5.55. The van der Waals surface area contributed by atoms with Crippen LogP contribution in [0.5, 0.6) is 0 Å². The second-order valence-electron chi connectivity index (χ2n) is 6.57. The lowest BCUT2D eigenvalue weighted by Gasteiger charge is -2.26. The fraction of sp³-hybridized carbons (Fsp3) is 0.300. The summed E-state index contributed by atoms with van der Waals surface area (Å²) in [6.07, 6.45) is 0. The van der Waals surface area contributed by atoms with Crippen molar-refractivity contribution in [2.45, 2.75) is 11.8 Å². The van der Waals surface area contributed by atoms with Gasteiger partial charge in [-0.3, -0.25) is 9.52 Å². The number of nitrogens with one attached hydrogen (secondary N) is 1. The fourth-order valence-corrected chi connectivity index (χ4v) is 3.78. The van der Waals surface area contributed by atoms with Gasteiger partial charge in [0, 0.05) is 18.8 Å². The number of hydrogen-bond acceptors (Lipinski definition) is 6. The average molecular weight is 418 g/mol. The lowest BCUT2D eigenvalue weighted by Crippen LogP contribution is -2.42. The van der Waals surface area contributed by atoms with Crippen molar-refractivity contribution in [1.82, 2.24) is 4.90 Å². The number of carbonyl (C=O) groups is 2. The van der Waals surface area contributed by atoms with Crippen LogP contribution in [0.1, 0.15) is 15.9 Å². The first kappa shape index (κ1) is 20.8. The number of esters is 1. The molecule has 0 saturated carbocycles. The molecule has 1 heterocycles. The highest BCUT2D eigenvalue weighted by atomic mass is 32.2. The summed E-state index contributed by atoms with van der Waals surface area (Å²) in [5, 5.41) is 0. The van der Waals surface area contributed by atoms with Crippen LogP contribution in [0.25, 0.3) is 0 Å². The third-order valence-corrected chi connectivity index (χ3v) is 5.79. The number of hydrogen-bond donors (Lipinski definition) is 1. The molecule has 0 bridgehead atoms. The van der Waals surface area contributed by atoms with E-state index in [4.69, 9.17) is 9.47 Å². The Morgan fingerprint density at radius 2 is 1.66 bits per heavy atom. The molecule has 2 aromatic carbocycles. The monoisotopic (exact) mass is 418 g/mol. The molecule has 3 rings (SSSR count). The molecule has 9 heteroatoms. The molecule has 0 aromatic heterocycles. The number of amides is 1. The Morgan fingerprint density at radius 3 is 2.28 bits per heavy atom. The molecule has 1 amide bonds. The molecular weight excluding hydrogens is 396 g/mol. The maximum atomic E-state index is 12.5. The second-order valence-corrected chi connectivity index (χ2v) is 8.25. The standard InChI is InChI=1S/C20H22N2O6S/c1-15-2-6-17(7-3-15)21-29(25,26)18-8-4-16(5-9-18)20(24)28-14-19(23)22-10-12-27-13-11-22/h2-9,21H,10-14H2,1H3. The highest BCUT2D eigenvalue weighted by Crippen LogP contribution is 2.17. The lowest BCUT2D eigenvalue weighted by atomic mass is 10.2. The molecule has 29 heavy (non-hydrogen) atoms. The molecule has 0 radical (unpaired) electrons. The van der Waals surface area contributed by atoms with Gasteiger partial charge in [0.2, 0.25) is 0 Å². The van der Waals surface area contributed by atoms with Crippen molar-refractivity contribution < 1.29 is 27.5 Å². The maximum Gasteiger partial charge on any atom is 0.338 e. The van der Waals surface area contributed by atoms with Gasteiger partial charge in [-0.25, -0.2) is 13.2 Å². The SMILES string of the molecule is Cc1ccc(NS(=O)(=O)c2ccc(C(=O)OCC(=O)N3CCOCC3)cc2)cc1. The molecule has 1 fully saturated rings. The van der Waals surface area contributed by atoms with Gasteiger partial charge in [0.25, 0.3) is 15.9 Å². The quantitative estimate of drug-likeness (QED) is 0.718. The van der Waals surface area contributed by atoms with Crippen LogP contribution in [0, 0.1) is 6.92 Å². The first-order valence-electron chi connectivity index (χ1n) is 9.07. The molecule has 1 saturated heterocycles. The van der Waals surface area contributed by atoms with Gasteiger partial charge in [-0.2, -0.15) is 0 Å². The van der Waals surface area contributed by atoms with Gasteiger partial charge in [-0.15, -0.1) is 0 Å². The van der Waals surface area contributed by atoms with Gasteiger partial charge in [0.1, 0.15) is 0 Å². The van der Waals surface area contributed by atoms with Crippen molar-refractivity contribution in [1.29, 1.82) is 0 Å². The zero-order chi connectivity index (χ0) is 20.9. The number of benzene rings is 2. The first-order valence-corrected chi connectivity index (χ1v) is 10.6. The Hall–Kier alpha value is -2.91. The number of morpholine rings is 1. The molecule has 154 valence electrons. The van der Waals surface area contributed by atoms with Gasteiger partial charge in [-0.1, -0.05) is 17.7 Å². The van der Waals surface area contributed by atoms with Crippen molar-refractivity contribution in [3.8, 4) is 0 Å². The van der Waals surface area contributed by atoms with Gasteiger partial charge >= 0.3 is 5.97 Å². The molecule has 0 spiro atoms. The average Bonchev–Trinajstić information content (AvgIpc) is 2.74. The molecule has 2 aromatic rings. The van der Waals surface area contributed by atoms with Gasteiger partial charge in [-0.05, 0) is 43.3 Å². The Kier molecular flexibility index (Phi) is 6.50. The fourth-order valence-electron chi connectivity index (χ4n) is 2.72. The molecule has 1 aliphatic rings. The second kappa shape index (κ2) is 9.06. The van der Waals surface area contributed by atoms with Gasteiger partial charge in [0.15, 0.2) is 6.61 Å². The Morgan fingerprint density at radius 1 is 1.03 bits per heavy atom. The topological polar surface area (TPSA) is 102 Å². The largest absolute Gasteiger partial charge is 0.452 e. The van der Waals surface area contributed by atoms with Crippen molar-refractivity contribution in [2.75, 3.05) is 37.6 Å². The number of rotatable bonds is 6. The van der Waals surface area contributed by atoms with E-state index in [9.17, 15) is 18.0 Å². The summed E-state index contributed by atoms with van der Waals surface area (Å²) in [5.41, 5.74) is 1.62. The maximum absolute atomic E-state index is 12.5. The van der Waals surface area contributed by atoms with Crippen LogP contribution < -0.4 is 4.72 Å². The van der Waals surface area contributed by atoms with E-state index < -0.39 is 16.0 Å². The van der Waals surface area contributed by atoms with Gasteiger partial charge < -0.3 is 14.4 Å². The highest BCUT2D eigenvalue weighted by Gasteiger charge is 2.20. The number of aryl methyl sites for hydroxylation is 1. The zero-order valence-electron chi connectivity index (χ0n) is 16.0. The molecular formula is C20H22N2O6S. The Bertz CT molecular complexity index is 965. The summed E-state index contributed by atoms with van der Waals surface area (Å²) >= 11 is 0. The van der Waals surface area contributed by atoms with Crippen molar-refractivity contribution in [3.05, 3.63) is 59.7 Å². The van der Waals surface area contributed by atoms with E-state index in [1.165, 1.54) is 24.3 Å². The van der Waals surface area contributed by atoms with Crippen LogP contribution in [0.4, 0.5) is 5.69 Å². The number of nitrogens with zero attached hydrogens (tertiary/aromatic N) is 1. The summed E-state index contributed by atoms with van der Waals surface area (Å²) in [4.78, 5) is 25.7. The lowest BCUT2D eigenvalue weighted by molar-refractivity contribution is -0.138. The van der Waals surface area contributed by atoms with Crippen molar-refractivity contribution in [2.24, 2.45) is 0 Å². The van der Waals surface area contributed by atoms with E-state index in [-0.39, 0.29) is 23.0 Å². The molecule has 0 unspecified atom stereocenters. The molecule has 1 N–H and O–H groups in total. The van der Waals surface area contributed by atoms with E-state index in [0.29, 0.717) is 32.0 Å². The first-order chi connectivity index (χ1) is 13.8. The van der Waals surface area contributed by atoms with Crippen LogP contribution in [-0.4, -0.2) is 58.1 Å². The number of anilines is 1. The minimum atomic E-state index is -3.78. The Balaban J connectivity index is 1.59. The predicted octanol–water partition coefficient (Wildman–Crippen LogP) is 1.81. The summed E-state index contributed by atoms with van der Waals surface area (Å²) in [7, 11) is -3.78. The minimum absolute atomic E-state index is 0.0130. The van der Waals surface area contributed by atoms with E-state index in [1.807, 2.05) is 6.92 Å². The molecule has 0 atom stereocenters.